The van der Waals surface area contributed by atoms with Crippen molar-refractivity contribution in [2.24, 2.45) is 0 Å². The zero-order valence-corrected chi connectivity index (χ0v) is 8.20. The van der Waals surface area contributed by atoms with Crippen LogP contribution in [0.4, 0.5) is 0 Å². The molecule has 0 aromatic heterocycles. The van der Waals surface area contributed by atoms with E-state index in [1.54, 1.807) is 24.3 Å². The molecule has 1 aliphatic rings. The van der Waals surface area contributed by atoms with Gasteiger partial charge in [-0.05, 0) is 18.2 Å². The number of benzene rings is 2. The first-order chi connectivity index (χ1) is 7.79. The monoisotopic (exact) mass is 205 g/mol. The summed E-state index contributed by atoms with van der Waals surface area (Å²) < 4.78 is 0. The lowest BCUT2D eigenvalue weighted by atomic mass is 9.84. The summed E-state index contributed by atoms with van der Waals surface area (Å²) in [6, 6.07) is 16.2. The molecular weight excluding hydrogens is 200 g/mol. The van der Waals surface area contributed by atoms with Gasteiger partial charge in [-0.1, -0.05) is 24.3 Å². The lowest BCUT2D eigenvalue weighted by Crippen LogP contribution is -2.20. The average molecular weight is 205 g/mol. The maximum Gasteiger partial charge on any atom is 0.195 e. The second-order valence-corrected chi connectivity index (χ2v) is 3.53. The molecule has 0 spiro atoms. The molecule has 73 valence electrons. The molecule has 3 radical (unpaired) electrons. The first kappa shape index (κ1) is 9.04. The minimum atomic E-state index is -0.171. The summed E-state index contributed by atoms with van der Waals surface area (Å²) in [5, 5.41) is 0. The maximum atomic E-state index is 12.0. The molecule has 0 saturated carbocycles. The standard InChI is InChI=1S/C14H5O2/c15-13-9-5-1-2-6-10(9)14(16)12-8-4-3-7-11(12)13/h1-2,5-7H. The molecule has 0 fully saturated rings. The predicted molar refractivity (Wildman–Crippen MR) is 56.3 cm³/mol. The Labute approximate surface area is 92.5 Å². The normalized spacial score (nSPS) is 13.2. The van der Waals surface area contributed by atoms with Crippen molar-refractivity contribution in [2.45, 2.75) is 0 Å². The number of hydrogen-bond acceptors (Lipinski definition) is 2. The Morgan fingerprint density at radius 1 is 0.875 bits per heavy atom. The first-order valence-corrected chi connectivity index (χ1v) is 4.81. The van der Waals surface area contributed by atoms with E-state index in [9.17, 15) is 9.59 Å². The predicted octanol–water partition coefficient (Wildman–Crippen LogP) is 1.86. The summed E-state index contributed by atoms with van der Waals surface area (Å²) >= 11 is 0. The molecule has 0 unspecified atom stereocenters. The van der Waals surface area contributed by atoms with Crippen LogP contribution in [-0.2, 0) is 0 Å². The lowest BCUT2D eigenvalue weighted by molar-refractivity contribution is 0.0979. The second kappa shape index (κ2) is 3.14. The third-order valence-electron chi connectivity index (χ3n) is 2.63. The Morgan fingerprint density at radius 3 is 2.31 bits per heavy atom. The number of fused-ring (bicyclic) bond motifs is 2. The van der Waals surface area contributed by atoms with Crippen LogP contribution in [0.25, 0.3) is 0 Å². The fourth-order valence-corrected chi connectivity index (χ4v) is 1.86. The van der Waals surface area contributed by atoms with Crippen molar-refractivity contribution >= 4 is 11.6 Å². The van der Waals surface area contributed by atoms with E-state index in [0.29, 0.717) is 22.3 Å². The fraction of sp³-hybridized carbons (Fsp3) is 0. The smallest absolute Gasteiger partial charge is 0.195 e. The van der Waals surface area contributed by atoms with Crippen molar-refractivity contribution in [3.05, 3.63) is 70.8 Å². The Kier molecular flexibility index (Phi) is 1.77. The van der Waals surface area contributed by atoms with E-state index in [1.807, 2.05) is 0 Å². The summed E-state index contributed by atoms with van der Waals surface area (Å²) in [7, 11) is 0. The summed E-state index contributed by atoms with van der Waals surface area (Å²) in [6.07, 6.45) is 0. The van der Waals surface area contributed by atoms with Gasteiger partial charge in [-0.25, -0.2) is 0 Å². The average Bonchev–Trinajstić information content (AvgIpc) is 2.36. The number of carbonyl (C=O) groups excluding carboxylic acids is 2. The highest BCUT2D eigenvalue weighted by Gasteiger charge is 2.28. The Hall–Kier alpha value is -2.22. The van der Waals surface area contributed by atoms with Crippen molar-refractivity contribution in [1.29, 1.82) is 0 Å². The number of rotatable bonds is 0. The van der Waals surface area contributed by atoms with E-state index < -0.39 is 0 Å². The minimum absolute atomic E-state index is 0.147. The molecule has 2 aromatic rings. The highest BCUT2D eigenvalue weighted by atomic mass is 16.1. The van der Waals surface area contributed by atoms with Gasteiger partial charge in [0.2, 0.25) is 0 Å². The molecule has 0 atom stereocenters. The van der Waals surface area contributed by atoms with Crippen LogP contribution < -0.4 is 0 Å². The van der Waals surface area contributed by atoms with E-state index in [2.05, 4.69) is 18.2 Å². The number of ketones is 2. The van der Waals surface area contributed by atoms with E-state index in [0.717, 1.165) is 0 Å². The van der Waals surface area contributed by atoms with Gasteiger partial charge in [0.05, 0.1) is 0 Å². The molecule has 1 aliphatic carbocycles. The van der Waals surface area contributed by atoms with Crippen molar-refractivity contribution in [3.63, 3.8) is 0 Å². The number of hydrogen-bond donors (Lipinski definition) is 0. The third-order valence-corrected chi connectivity index (χ3v) is 2.63. The molecule has 2 nitrogen and oxygen atoms in total. The van der Waals surface area contributed by atoms with Crippen molar-refractivity contribution in [2.75, 3.05) is 0 Å². The molecule has 0 N–H and O–H groups in total. The van der Waals surface area contributed by atoms with Gasteiger partial charge >= 0.3 is 0 Å². The highest BCUT2D eigenvalue weighted by Crippen LogP contribution is 2.25. The summed E-state index contributed by atoms with van der Waals surface area (Å²) in [5.41, 5.74) is 1.55. The topological polar surface area (TPSA) is 34.1 Å². The third kappa shape index (κ3) is 1.07. The van der Waals surface area contributed by atoms with Gasteiger partial charge in [-0.2, -0.15) is 0 Å². The Balaban J connectivity index is 2.35. The first-order valence-electron chi connectivity index (χ1n) is 4.81. The van der Waals surface area contributed by atoms with Crippen molar-refractivity contribution in [1.82, 2.24) is 0 Å². The van der Waals surface area contributed by atoms with Crippen molar-refractivity contribution < 1.29 is 9.59 Å². The van der Waals surface area contributed by atoms with Crippen LogP contribution in [-0.4, -0.2) is 11.6 Å². The van der Waals surface area contributed by atoms with Crippen LogP contribution in [0.2, 0.25) is 0 Å². The van der Waals surface area contributed by atoms with E-state index in [-0.39, 0.29) is 11.6 Å². The summed E-state index contributed by atoms with van der Waals surface area (Å²) in [6.45, 7) is 0. The van der Waals surface area contributed by atoms with Gasteiger partial charge in [0.25, 0.3) is 0 Å². The van der Waals surface area contributed by atoms with Crippen LogP contribution in [0, 0.1) is 18.2 Å². The fourth-order valence-electron chi connectivity index (χ4n) is 1.86. The largest absolute Gasteiger partial charge is 0.289 e. The van der Waals surface area contributed by atoms with Gasteiger partial charge in [-0.15, -0.1) is 0 Å². The van der Waals surface area contributed by atoms with E-state index >= 15 is 0 Å². The van der Waals surface area contributed by atoms with Crippen LogP contribution >= 0.6 is 0 Å². The molecule has 3 rings (SSSR count). The zero-order valence-electron chi connectivity index (χ0n) is 8.20. The maximum absolute atomic E-state index is 12.0. The van der Waals surface area contributed by atoms with Gasteiger partial charge in [0, 0.05) is 28.3 Å². The van der Waals surface area contributed by atoms with Crippen LogP contribution in [0.5, 0.6) is 0 Å². The molecule has 0 heterocycles. The minimum Gasteiger partial charge on any atom is -0.289 e. The molecule has 16 heavy (non-hydrogen) atoms. The van der Waals surface area contributed by atoms with Crippen molar-refractivity contribution in [3.8, 4) is 0 Å². The Bertz CT molecular complexity index is 506. The molecule has 0 amide bonds. The summed E-state index contributed by atoms with van der Waals surface area (Å²) in [4.78, 5) is 24.1. The van der Waals surface area contributed by atoms with Gasteiger partial charge in [0.15, 0.2) is 11.6 Å². The molecule has 2 heteroatoms. The van der Waals surface area contributed by atoms with E-state index in [1.165, 1.54) is 6.07 Å². The molecule has 0 bridgehead atoms. The Morgan fingerprint density at radius 2 is 1.56 bits per heavy atom. The zero-order chi connectivity index (χ0) is 11.1. The highest BCUT2D eigenvalue weighted by molar-refractivity contribution is 6.28. The lowest BCUT2D eigenvalue weighted by Gasteiger charge is -2.15. The molecular formula is C14H5O2. The molecule has 2 aromatic carbocycles. The van der Waals surface area contributed by atoms with Crippen LogP contribution in [0.3, 0.4) is 0 Å². The second-order valence-electron chi connectivity index (χ2n) is 3.53. The quantitative estimate of drug-likeness (QED) is 0.561. The van der Waals surface area contributed by atoms with Gasteiger partial charge in [-0.3, -0.25) is 9.59 Å². The molecule has 0 aliphatic heterocycles. The van der Waals surface area contributed by atoms with Gasteiger partial charge in [0.1, 0.15) is 0 Å². The summed E-state index contributed by atoms with van der Waals surface area (Å²) in [5.74, 6) is -0.317. The van der Waals surface area contributed by atoms with Crippen LogP contribution in [0.15, 0.2) is 30.3 Å². The van der Waals surface area contributed by atoms with Gasteiger partial charge < -0.3 is 0 Å². The molecule has 0 saturated heterocycles. The number of carbonyl (C=O) groups is 2. The van der Waals surface area contributed by atoms with Crippen LogP contribution in [0.1, 0.15) is 31.8 Å². The SMILES string of the molecule is O=C1c2[c][c][c]cc2C(=O)c2ccccc21. The van der Waals surface area contributed by atoms with E-state index in [4.69, 9.17) is 0 Å².